The molecule has 9 heavy (non-hydrogen) atoms. The summed E-state index contributed by atoms with van der Waals surface area (Å²) < 4.78 is 0. The van der Waals surface area contributed by atoms with Crippen LogP contribution in [0.5, 0.6) is 5.75 Å². The summed E-state index contributed by atoms with van der Waals surface area (Å²) in [6.07, 6.45) is 1.34. The molecule has 50 valence electrons. The summed E-state index contributed by atoms with van der Waals surface area (Å²) in [5.74, 6) is -0.299. The van der Waals surface area contributed by atoms with E-state index in [9.17, 15) is 4.79 Å². The van der Waals surface area contributed by atoms with Gasteiger partial charge in [0.25, 0.3) is 0 Å². The Balaban J connectivity index is 0.000000640. The molecule has 3 nitrogen and oxygen atoms in total. The van der Waals surface area contributed by atoms with Crippen LogP contribution in [0.15, 0.2) is 23.1 Å². The Kier molecular flexibility index (Phi) is 3.06. The number of nitrogens with zero attached hydrogens (tertiary/aromatic N) is 1. The fraction of sp³-hybridized carbons (Fsp3) is 0. The molecule has 0 unspecified atom stereocenters. The molecule has 0 amide bonds. The van der Waals surface area contributed by atoms with Gasteiger partial charge in [-0.1, -0.05) is 6.07 Å². The van der Waals surface area contributed by atoms with Crippen molar-refractivity contribution in [3.8, 4) is 5.75 Å². The van der Waals surface area contributed by atoms with Gasteiger partial charge in [-0.15, -0.1) is 0 Å². The molecule has 0 bridgehead atoms. The number of hydrogen-bond donors (Lipinski definition) is 1. The molecular weight excluding hydrogens is 162 g/mol. The van der Waals surface area contributed by atoms with Gasteiger partial charge in [-0.2, -0.15) is 6.20 Å². The Labute approximate surface area is 62.2 Å². The van der Waals surface area contributed by atoms with Gasteiger partial charge in [0, 0.05) is 17.1 Å². The van der Waals surface area contributed by atoms with Crippen LogP contribution >= 0.6 is 0 Å². The fourth-order valence-corrected chi connectivity index (χ4v) is 0.382. The molecule has 0 fully saturated rings. The maximum atomic E-state index is 10.3. The zero-order valence-corrected chi connectivity index (χ0v) is 5.49. The van der Waals surface area contributed by atoms with Crippen molar-refractivity contribution in [1.82, 2.24) is 4.98 Å². The number of pyridine rings is 1. The normalized spacial score (nSPS) is 8.00. The Morgan fingerprint density at radius 1 is 1.56 bits per heavy atom. The SMILES string of the molecule is O=c1[n-]cccc1O.[Fe]. The summed E-state index contributed by atoms with van der Waals surface area (Å²) in [6, 6.07) is 2.80. The Morgan fingerprint density at radius 3 is 2.56 bits per heavy atom. The molecule has 0 radical (unpaired) electrons. The van der Waals surface area contributed by atoms with E-state index in [1.54, 1.807) is 0 Å². The van der Waals surface area contributed by atoms with E-state index in [-0.39, 0.29) is 22.8 Å². The smallest absolute Gasteiger partial charge is 0.140 e. The number of aromatic hydroxyl groups is 1. The Hall–Kier alpha value is -0.731. The van der Waals surface area contributed by atoms with Crippen molar-refractivity contribution in [2.45, 2.75) is 0 Å². The van der Waals surface area contributed by atoms with Crippen LogP contribution in [0.2, 0.25) is 0 Å². The van der Waals surface area contributed by atoms with Crippen molar-refractivity contribution in [1.29, 1.82) is 0 Å². The van der Waals surface area contributed by atoms with E-state index >= 15 is 0 Å². The number of hydrogen-bond acceptors (Lipinski definition) is 2. The second-order valence-corrected chi connectivity index (χ2v) is 1.33. The van der Waals surface area contributed by atoms with Gasteiger partial charge in [0.1, 0.15) is 11.3 Å². The van der Waals surface area contributed by atoms with E-state index in [1.807, 2.05) is 0 Å². The van der Waals surface area contributed by atoms with Crippen LogP contribution < -0.4 is 10.5 Å². The minimum atomic E-state index is -0.576. The molecule has 1 aromatic rings. The first-order valence-corrected chi connectivity index (χ1v) is 2.11. The van der Waals surface area contributed by atoms with Gasteiger partial charge in [-0.05, 0) is 6.07 Å². The predicted octanol–water partition coefficient (Wildman–Crippen LogP) is -0.293. The molecular formula is C5H4FeNO2-. The maximum absolute atomic E-state index is 10.3. The quantitative estimate of drug-likeness (QED) is 0.538. The van der Waals surface area contributed by atoms with Crippen LogP contribution in [0.1, 0.15) is 0 Å². The molecule has 0 saturated heterocycles. The molecule has 0 aliphatic heterocycles. The van der Waals surface area contributed by atoms with E-state index in [2.05, 4.69) is 4.98 Å². The van der Waals surface area contributed by atoms with Gasteiger partial charge in [-0.3, -0.25) is 0 Å². The van der Waals surface area contributed by atoms with Gasteiger partial charge in [0.2, 0.25) is 0 Å². The van der Waals surface area contributed by atoms with E-state index in [1.165, 1.54) is 18.3 Å². The standard InChI is InChI=1S/C5H5NO2.Fe/c7-4-2-1-3-6-5(4)8;/h1-3H,(H2,6,7,8);/p-1. The van der Waals surface area contributed by atoms with Gasteiger partial charge in [0.05, 0.1) is 0 Å². The van der Waals surface area contributed by atoms with Crippen LogP contribution in [0, 0.1) is 0 Å². The molecule has 0 saturated carbocycles. The molecule has 4 heteroatoms. The summed E-state index contributed by atoms with van der Waals surface area (Å²) in [5.41, 5.74) is -0.576. The van der Waals surface area contributed by atoms with Crippen molar-refractivity contribution in [2.24, 2.45) is 0 Å². The number of rotatable bonds is 0. The monoisotopic (exact) mass is 166 g/mol. The minimum absolute atomic E-state index is 0. The molecule has 1 N–H and O–H groups in total. The van der Waals surface area contributed by atoms with Crippen LogP contribution in [0.3, 0.4) is 0 Å². The molecule has 0 atom stereocenters. The van der Waals surface area contributed by atoms with E-state index in [4.69, 9.17) is 5.11 Å². The third-order valence-corrected chi connectivity index (χ3v) is 0.751. The van der Waals surface area contributed by atoms with Crippen molar-refractivity contribution in [3.05, 3.63) is 28.7 Å². The van der Waals surface area contributed by atoms with Crippen LogP contribution in [-0.2, 0) is 17.1 Å². The van der Waals surface area contributed by atoms with Crippen LogP contribution in [-0.4, -0.2) is 5.11 Å². The maximum Gasteiger partial charge on any atom is 0.140 e. The largest absolute Gasteiger partial charge is 0.626 e. The second-order valence-electron chi connectivity index (χ2n) is 1.33. The first kappa shape index (κ1) is 8.27. The Bertz CT molecular complexity index is 232. The third kappa shape index (κ3) is 1.91. The first-order chi connectivity index (χ1) is 3.80. The zero-order valence-electron chi connectivity index (χ0n) is 4.39. The molecule has 0 aromatic carbocycles. The molecule has 1 rings (SSSR count). The molecule has 0 aliphatic rings. The average Bonchev–Trinajstić information content (AvgIpc) is 1.77. The van der Waals surface area contributed by atoms with E-state index in [0.29, 0.717) is 0 Å². The van der Waals surface area contributed by atoms with Gasteiger partial charge in [0.15, 0.2) is 0 Å². The first-order valence-electron chi connectivity index (χ1n) is 2.11. The summed E-state index contributed by atoms with van der Waals surface area (Å²) in [5, 5.41) is 8.54. The van der Waals surface area contributed by atoms with Crippen molar-refractivity contribution >= 4 is 0 Å². The summed E-state index contributed by atoms with van der Waals surface area (Å²) in [6.45, 7) is 0. The fourth-order valence-electron chi connectivity index (χ4n) is 0.382. The van der Waals surface area contributed by atoms with E-state index < -0.39 is 5.56 Å². The van der Waals surface area contributed by atoms with Crippen molar-refractivity contribution < 1.29 is 22.2 Å². The van der Waals surface area contributed by atoms with Crippen molar-refractivity contribution in [2.75, 3.05) is 0 Å². The molecule has 0 spiro atoms. The summed E-state index contributed by atoms with van der Waals surface area (Å²) in [7, 11) is 0. The number of aromatic nitrogens is 1. The topological polar surface area (TPSA) is 51.4 Å². The average molecular weight is 166 g/mol. The van der Waals surface area contributed by atoms with Crippen LogP contribution in [0.25, 0.3) is 0 Å². The molecule has 0 aliphatic carbocycles. The molecule has 1 aromatic heterocycles. The van der Waals surface area contributed by atoms with E-state index in [0.717, 1.165) is 0 Å². The van der Waals surface area contributed by atoms with Crippen LogP contribution in [0.4, 0.5) is 0 Å². The summed E-state index contributed by atoms with van der Waals surface area (Å²) in [4.78, 5) is 13.5. The third-order valence-electron chi connectivity index (χ3n) is 0.751. The Morgan fingerprint density at radius 2 is 2.22 bits per heavy atom. The zero-order chi connectivity index (χ0) is 5.98. The molecule has 1 heterocycles. The van der Waals surface area contributed by atoms with Gasteiger partial charge >= 0.3 is 0 Å². The van der Waals surface area contributed by atoms with Gasteiger partial charge in [-0.25, -0.2) is 0 Å². The van der Waals surface area contributed by atoms with Gasteiger partial charge < -0.3 is 14.9 Å². The second kappa shape index (κ2) is 3.33. The minimum Gasteiger partial charge on any atom is -0.626 e. The predicted molar refractivity (Wildman–Crippen MR) is 27.7 cm³/mol. The van der Waals surface area contributed by atoms with Crippen molar-refractivity contribution in [3.63, 3.8) is 0 Å². The summed E-state index contributed by atoms with van der Waals surface area (Å²) >= 11 is 0.